The Balaban J connectivity index is 1.34. The SMILES string of the molecule is O=C(CCn1c(=S)[nH]c2ccccc2c1=O)NCc1ccc(N2CCCC2)cc1. The number of anilines is 1. The van der Waals surface area contributed by atoms with E-state index in [-0.39, 0.29) is 24.4 Å². The van der Waals surface area contributed by atoms with E-state index in [1.165, 1.54) is 23.1 Å². The average Bonchev–Trinajstić information content (AvgIpc) is 3.27. The fraction of sp³-hybridized carbons (Fsp3) is 0.318. The van der Waals surface area contributed by atoms with Gasteiger partial charge in [-0.1, -0.05) is 24.3 Å². The third kappa shape index (κ3) is 4.40. The zero-order valence-electron chi connectivity index (χ0n) is 16.2. The Morgan fingerprint density at radius 1 is 1.07 bits per heavy atom. The smallest absolute Gasteiger partial charge is 0.262 e. The molecule has 0 spiro atoms. The molecule has 150 valence electrons. The van der Waals surface area contributed by atoms with Crippen LogP contribution in [-0.4, -0.2) is 28.5 Å². The molecule has 0 atom stereocenters. The van der Waals surface area contributed by atoms with Crippen LogP contribution in [0.1, 0.15) is 24.8 Å². The number of nitrogens with one attached hydrogen (secondary N) is 2. The topological polar surface area (TPSA) is 70.1 Å². The number of para-hydroxylation sites is 1. The van der Waals surface area contributed by atoms with Crippen LogP contribution in [0.25, 0.3) is 10.9 Å². The fourth-order valence-corrected chi connectivity index (χ4v) is 3.99. The van der Waals surface area contributed by atoms with Crippen LogP contribution >= 0.6 is 12.2 Å². The highest BCUT2D eigenvalue weighted by Crippen LogP contribution is 2.20. The Morgan fingerprint density at radius 3 is 2.55 bits per heavy atom. The van der Waals surface area contributed by atoms with E-state index < -0.39 is 0 Å². The van der Waals surface area contributed by atoms with Crippen molar-refractivity contribution >= 4 is 34.7 Å². The van der Waals surface area contributed by atoms with Gasteiger partial charge < -0.3 is 15.2 Å². The Labute approximate surface area is 174 Å². The molecular formula is C22H24N4O2S. The number of hydrogen-bond donors (Lipinski definition) is 2. The summed E-state index contributed by atoms with van der Waals surface area (Å²) in [6.07, 6.45) is 2.70. The summed E-state index contributed by atoms with van der Waals surface area (Å²) >= 11 is 5.29. The van der Waals surface area contributed by atoms with Gasteiger partial charge in [0.1, 0.15) is 0 Å². The second-order valence-corrected chi connectivity index (χ2v) is 7.71. The zero-order chi connectivity index (χ0) is 20.2. The third-order valence-corrected chi connectivity index (χ3v) is 5.67. The largest absolute Gasteiger partial charge is 0.372 e. The Bertz CT molecular complexity index is 1130. The van der Waals surface area contributed by atoms with E-state index in [4.69, 9.17) is 12.2 Å². The van der Waals surface area contributed by atoms with Crippen molar-refractivity contribution < 1.29 is 4.79 Å². The molecule has 0 bridgehead atoms. The molecule has 0 unspecified atom stereocenters. The first-order valence-electron chi connectivity index (χ1n) is 9.94. The molecule has 2 heterocycles. The number of nitrogens with zero attached hydrogens (tertiary/aromatic N) is 2. The molecule has 0 radical (unpaired) electrons. The second kappa shape index (κ2) is 8.61. The highest BCUT2D eigenvalue weighted by Gasteiger charge is 2.12. The van der Waals surface area contributed by atoms with E-state index in [9.17, 15) is 9.59 Å². The molecule has 1 amide bonds. The molecular weight excluding hydrogens is 384 g/mol. The summed E-state index contributed by atoms with van der Waals surface area (Å²) in [7, 11) is 0. The number of aromatic nitrogens is 2. The van der Waals surface area contributed by atoms with Crippen LogP contribution in [0.15, 0.2) is 53.3 Å². The van der Waals surface area contributed by atoms with E-state index >= 15 is 0 Å². The van der Waals surface area contributed by atoms with Gasteiger partial charge in [-0.2, -0.15) is 0 Å². The number of hydrogen-bond acceptors (Lipinski definition) is 4. The first-order valence-corrected chi connectivity index (χ1v) is 10.3. The molecule has 1 saturated heterocycles. The number of rotatable bonds is 6. The number of amides is 1. The van der Waals surface area contributed by atoms with Crippen molar-refractivity contribution in [3.05, 3.63) is 69.2 Å². The third-order valence-electron chi connectivity index (χ3n) is 5.35. The normalized spacial score (nSPS) is 13.7. The molecule has 2 N–H and O–H groups in total. The molecule has 4 rings (SSSR count). The molecule has 1 aliphatic heterocycles. The lowest BCUT2D eigenvalue weighted by molar-refractivity contribution is -0.121. The Kier molecular flexibility index (Phi) is 5.76. The van der Waals surface area contributed by atoms with Gasteiger partial charge >= 0.3 is 0 Å². The van der Waals surface area contributed by atoms with Gasteiger partial charge in [0.15, 0.2) is 4.77 Å². The fourth-order valence-electron chi connectivity index (χ4n) is 3.70. The summed E-state index contributed by atoms with van der Waals surface area (Å²) in [5.41, 5.74) is 2.83. The van der Waals surface area contributed by atoms with Crippen molar-refractivity contribution in [2.45, 2.75) is 32.4 Å². The molecule has 29 heavy (non-hydrogen) atoms. The summed E-state index contributed by atoms with van der Waals surface area (Å²) < 4.78 is 1.78. The van der Waals surface area contributed by atoms with Crippen molar-refractivity contribution in [2.75, 3.05) is 18.0 Å². The monoisotopic (exact) mass is 408 g/mol. The van der Waals surface area contributed by atoms with Gasteiger partial charge in [0.25, 0.3) is 5.56 Å². The minimum atomic E-state index is -0.172. The predicted octanol–water partition coefficient (Wildman–Crippen LogP) is 3.37. The first-order chi connectivity index (χ1) is 14.1. The average molecular weight is 409 g/mol. The van der Waals surface area contributed by atoms with Crippen molar-refractivity contribution in [3.63, 3.8) is 0 Å². The first kappa shape index (κ1) is 19.4. The van der Waals surface area contributed by atoms with Crippen molar-refractivity contribution in [1.82, 2.24) is 14.9 Å². The molecule has 1 fully saturated rings. The molecule has 6 nitrogen and oxygen atoms in total. The van der Waals surface area contributed by atoms with Gasteiger partial charge in [0.2, 0.25) is 5.91 Å². The maximum absolute atomic E-state index is 12.6. The van der Waals surface area contributed by atoms with Gasteiger partial charge in [0, 0.05) is 38.3 Å². The van der Waals surface area contributed by atoms with Crippen LogP contribution in [-0.2, 0) is 17.9 Å². The van der Waals surface area contributed by atoms with E-state index in [2.05, 4.69) is 39.5 Å². The van der Waals surface area contributed by atoms with Gasteiger partial charge in [-0.15, -0.1) is 0 Å². The maximum Gasteiger partial charge on any atom is 0.262 e. The van der Waals surface area contributed by atoms with Gasteiger partial charge in [-0.3, -0.25) is 14.2 Å². The molecule has 1 aromatic heterocycles. The number of fused-ring (bicyclic) bond motifs is 1. The van der Waals surface area contributed by atoms with Gasteiger partial charge in [0.05, 0.1) is 10.9 Å². The highest BCUT2D eigenvalue weighted by molar-refractivity contribution is 7.71. The van der Waals surface area contributed by atoms with E-state index in [1.807, 2.05) is 18.2 Å². The summed E-state index contributed by atoms with van der Waals surface area (Å²) in [5, 5.41) is 3.49. The standard InChI is InChI=1S/C22H24N4O2S/c27-20(23-15-16-7-9-17(10-8-16)25-12-3-4-13-25)11-14-26-21(28)18-5-1-2-6-19(18)24-22(26)29/h1-2,5-10H,3-4,11-15H2,(H,23,27)(H,24,29). The van der Waals surface area contributed by atoms with Crippen LogP contribution in [0.3, 0.4) is 0 Å². The lowest BCUT2D eigenvalue weighted by Crippen LogP contribution is -2.28. The Morgan fingerprint density at radius 2 is 1.79 bits per heavy atom. The molecule has 3 aromatic rings. The second-order valence-electron chi connectivity index (χ2n) is 7.32. The van der Waals surface area contributed by atoms with E-state index in [1.54, 1.807) is 6.07 Å². The quantitative estimate of drug-likeness (QED) is 0.614. The number of aromatic amines is 1. The number of benzene rings is 2. The lowest BCUT2D eigenvalue weighted by atomic mass is 10.2. The predicted molar refractivity (Wildman–Crippen MR) is 118 cm³/mol. The van der Waals surface area contributed by atoms with Gasteiger partial charge in [-0.25, -0.2) is 0 Å². The van der Waals surface area contributed by atoms with Crippen molar-refractivity contribution in [1.29, 1.82) is 0 Å². The van der Waals surface area contributed by atoms with Crippen molar-refractivity contribution in [3.8, 4) is 0 Å². The summed E-state index contributed by atoms with van der Waals surface area (Å²) in [6, 6.07) is 15.6. The maximum atomic E-state index is 12.6. The number of carbonyl (C=O) groups excluding carboxylic acids is 1. The summed E-state index contributed by atoms with van der Waals surface area (Å²) in [4.78, 5) is 30.3. The van der Waals surface area contributed by atoms with E-state index in [0.29, 0.717) is 22.2 Å². The minimum absolute atomic E-state index is 0.108. The molecule has 2 aromatic carbocycles. The molecule has 1 aliphatic rings. The Hall–Kier alpha value is -2.93. The minimum Gasteiger partial charge on any atom is -0.372 e. The lowest BCUT2D eigenvalue weighted by Gasteiger charge is -2.17. The van der Waals surface area contributed by atoms with Crippen LogP contribution in [0.5, 0.6) is 0 Å². The van der Waals surface area contributed by atoms with Crippen LogP contribution in [0.4, 0.5) is 5.69 Å². The zero-order valence-corrected chi connectivity index (χ0v) is 17.0. The molecule has 0 aliphatic carbocycles. The number of H-pyrrole nitrogens is 1. The molecule has 0 saturated carbocycles. The molecule has 7 heteroatoms. The van der Waals surface area contributed by atoms with E-state index in [0.717, 1.165) is 18.7 Å². The van der Waals surface area contributed by atoms with Crippen LogP contribution < -0.4 is 15.8 Å². The highest BCUT2D eigenvalue weighted by atomic mass is 32.1. The summed E-state index contributed by atoms with van der Waals surface area (Å²) in [5.74, 6) is -0.108. The number of carbonyl (C=O) groups is 1. The van der Waals surface area contributed by atoms with Crippen LogP contribution in [0, 0.1) is 4.77 Å². The van der Waals surface area contributed by atoms with Crippen LogP contribution in [0.2, 0.25) is 0 Å². The summed E-state index contributed by atoms with van der Waals surface area (Å²) in [6.45, 7) is 2.95. The van der Waals surface area contributed by atoms with Crippen molar-refractivity contribution in [2.24, 2.45) is 0 Å². The van der Waals surface area contributed by atoms with Gasteiger partial charge in [-0.05, 0) is 54.9 Å².